The van der Waals surface area contributed by atoms with Crippen LogP contribution in [0, 0.1) is 11.3 Å². The molecule has 1 unspecified atom stereocenters. The fourth-order valence-electron chi connectivity index (χ4n) is 2.97. The van der Waals surface area contributed by atoms with E-state index in [1.807, 2.05) is 47.4 Å². The van der Waals surface area contributed by atoms with Crippen molar-refractivity contribution in [3.8, 4) is 11.8 Å². The molecule has 0 saturated carbocycles. The third kappa shape index (κ3) is 2.61. The van der Waals surface area contributed by atoms with Crippen molar-refractivity contribution in [3.05, 3.63) is 77.6 Å². The highest BCUT2D eigenvalue weighted by Crippen LogP contribution is 2.37. The topological polar surface area (TPSA) is 87.8 Å². The van der Waals surface area contributed by atoms with Gasteiger partial charge in [0.05, 0.1) is 30.6 Å². The number of hydrogen-bond donors (Lipinski definition) is 1. The lowest BCUT2D eigenvalue weighted by molar-refractivity contribution is 0.415. The third-order valence-corrected chi connectivity index (χ3v) is 4.33. The number of anilines is 1. The molecule has 0 radical (unpaired) electrons. The Hall–Kier alpha value is -3.56. The number of nitrogens with two attached hydrogens (primary N) is 1. The van der Waals surface area contributed by atoms with E-state index in [0.29, 0.717) is 17.3 Å². The fourth-order valence-corrected chi connectivity index (χ4v) is 2.97. The van der Waals surface area contributed by atoms with E-state index >= 15 is 0 Å². The standard InChI is InChI=1S/C20H16N4O2/c1-25-16-8-4-14(5-9-16)19-23-20-17(10-11-26-20)18(22)24(19)15-6-2-13(12-21)3-7-15/h2-11,18H,22H2,1H3. The van der Waals surface area contributed by atoms with Gasteiger partial charge in [0.2, 0.25) is 5.88 Å². The number of nitriles is 1. The van der Waals surface area contributed by atoms with Crippen molar-refractivity contribution in [2.45, 2.75) is 6.17 Å². The molecule has 0 saturated heterocycles. The molecule has 1 aliphatic rings. The SMILES string of the molecule is COc1ccc(C2=Nc3occc3C(N)N2c2ccc(C#N)cc2)cc1. The molecular weight excluding hydrogens is 328 g/mol. The van der Waals surface area contributed by atoms with Crippen LogP contribution in [0.4, 0.5) is 11.6 Å². The van der Waals surface area contributed by atoms with Gasteiger partial charge in [-0.3, -0.25) is 0 Å². The first-order chi connectivity index (χ1) is 12.7. The molecule has 3 aromatic rings. The molecule has 1 atom stereocenters. The molecule has 0 aliphatic carbocycles. The van der Waals surface area contributed by atoms with Crippen LogP contribution in [0.3, 0.4) is 0 Å². The third-order valence-electron chi connectivity index (χ3n) is 4.33. The summed E-state index contributed by atoms with van der Waals surface area (Å²) >= 11 is 0. The van der Waals surface area contributed by atoms with Gasteiger partial charge in [-0.25, -0.2) is 0 Å². The van der Waals surface area contributed by atoms with Crippen molar-refractivity contribution in [2.24, 2.45) is 10.7 Å². The largest absolute Gasteiger partial charge is 0.497 e. The van der Waals surface area contributed by atoms with Crippen molar-refractivity contribution in [1.82, 2.24) is 0 Å². The van der Waals surface area contributed by atoms with Crippen LogP contribution in [0.25, 0.3) is 0 Å². The Morgan fingerprint density at radius 3 is 2.50 bits per heavy atom. The van der Waals surface area contributed by atoms with E-state index in [1.165, 1.54) is 0 Å². The molecule has 0 fully saturated rings. The Balaban J connectivity index is 1.84. The lowest BCUT2D eigenvalue weighted by Gasteiger charge is -2.34. The summed E-state index contributed by atoms with van der Waals surface area (Å²) in [7, 11) is 1.63. The molecule has 2 aromatic carbocycles. The first-order valence-electron chi connectivity index (χ1n) is 8.07. The number of hydrogen-bond acceptors (Lipinski definition) is 6. The summed E-state index contributed by atoms with van der Waals surface area (Å²) < 4.78 is 10.7. The number of furan rings is 1. The zero-order valence-corrected chi connectivity index (χ0v) is 14.1. The van der Waals surface area contributed by atoms with Gasteiger partial charge in [0, 0.05) is 11.3 Å². The lowest BCUT2D eigenvalue weighted by Crippen LogP contribution is -2.41. The van der Waals surface area contributed by atoms with E-state index in [0.717, 1.165) is 22.6 Å². The molecule has 0 spiro atoms. The summed E-state index contributed by atoms with van der Waals surface area (Å²) in [5.41, 5.74) is 9.65. The van der Waals surface area contributed by atoms with Crippen molar-refractivity contribution >= 4 is 17.4 Å². The Morgan fingerprint density at radius 1 is 1.12 bits per heavy atom. The van der Waals surface area contributed by atoms with E-state index < -0.39 is 6.17 Å². The number of fused-ring (bicyclic) bond motifs is 1. The predicted molar refractivity (Wildman–Crippen MR) is 98.5 cm³/mol. The van der Waals surface area contributed by atoms with E-state index in [2.05, 4.69) is 11.1 Å². The number of amidine groups is 1. The van der Waals surface area contributed by atoms with Crippen molar-refractivity contribution in [2.75, 3.05) is 12.0 Å². The number of methoxy groups -OCH3 is 1. The minimum absolute atomic E-state index is 0.453. The molecule has 1 aromatic heterocycles. The van der Waals surface area contributed by atoms with Gasteiger partial charge in [-0.2, -0.15) is 10.3 Å². The van der Waals surface area contributed by atoms with Crippen molar-refractivity contribution in [3.63, 3.8) is 0 Å². The van der Waals surface area contributed by atoms with Crippen molar-refractivity contribution < 1.29 is 9.15 Å². The predicted octanol–water partition coefficient (Wildman–Crippen LogP) is 3.72. The zero-order chi connectivity index (χ0) is 18.1. The van der Waals surface area contributed by atoms with Crippen molar-refractivity contribution in [1.29, 1.82) is 5.26 Å². The quantitative estimate of drug-likeness (QED) is 0.782. The number of rotatable bonds is 3. The fraction of sp³-hybridized carbons (Fsp3) is 0.100. The first-order valence-corrected chi connectivity index (χ1v) is 8.07. The molecule has 0 bridgehead atoms. The molecule has 2 heterocycles. The van der Waals surface area contributed by atoms with Crippen LogP contribution in [0.2, 0.25) is 0 Å². The van der Waals surface area contributed by atoms with Gasteiger partial charge >= 0.3 is 0 Å². The second-order valence-electron chi connectivity index (χ2n) is 5.82. The van der Waals surface area contributed by atoms with Gasteiger partial charge in [0.15, 0.2) is 0 Å². The monoisotopic (exact) mass is 344 g/mol. The minimum atomic E-state index is -0.453. The maximum absolute atomic E-state index is 9.04. The van der Waals surface area contributed by atoms with E-state index in [-0.39, 0.29) is 0 Å². The summed E-state index contributed by atoms with van der Waals surface area (Å²) in [4.78, 5) is 6.60. The maximum atomic E-state index is 9.04. The molecule has 2 N–H and O–H groups in total. The Labute approximate surface area is 150 Å². The Kier molecular flexibility index (Phi) is 3.92. The number of ether oxygens (including phenoxy) is 1. The normalized spacial score (nSPS) is 15.8. The van der Waals surface area contributed by atoms with Gasteiger partial charge in [0.1, 0.15) is 17.8 Å². The second-order valence-corrected chi connectivity index (χ2v) is 5.82. The molecule has 0 amide bonds. The van der Waals surface area contributed by atoms with Crippen LogP contribution >= 0.6 is 0 Å². The highest BCUT2D eigenvalue weighted by Gasteiger charge is 2.31. The second kappa shape index (κ2) is 6.39. The highest BCUT2D eigenvalue weighted by molar-refractivity contribution is 6.12. The molecular formula is C20H16N4O2. The van der Waals surface area contributed by atoms with Crippen LogP contribution in [0.15, 0.2) is 70.3 Å². The van der Waals surface area contributed by atoms with Gasteiger partial charge in [-0.05, 0) is 54.6 Å². The zero-order valence-electron chi connectivity index (χ0n) is 14.1. The lowest BCUT2D eigenvalue weighted by atomic mass is 10.1. The van der Waals surface area contributed by atoms with Gasteiger partial charge in [-0.1, -0.05) is 0 Å². The van der Waals surface area contributed by atoms with Gasteiger partial charge < -0.3 is 19.8 Å². The van der Waals surface area contributed by atoms with E-state index in [1.54, 1.807) is 25.5 Å². The number of nitrogens with zero attached hydrogens (tertiary/aromatic N) is 3. The number of benzene rings is 2. The molecule has 26 heavy (non-hydrogen) atoms. The molecule has 4 rings (SSSR count). The number of aliphatic imine (C=N–C) groups is 1. The molecule has 1 aliphatic heterocycles. The van der Waals surface area contributed by atoms with Crippen LogP contribution in [0.1, 0.15) is 22.9 Å². The Morgan fingerprint density at radius 2 is 1.85 bits per heavy atom. The smallest absolute Gasteiger partial charge is 0.227 e. The summed E-state index contributed by atoms with van der Waals surface area (Å²) in [6.45, 7) is 0. The summed E-state index contributed by atoms with van der Waals surface area (Å²) in [6, 6.07) is 18.8. The van der Waals surface area contributed by atoms with Gasteiger partial charge in [0.25, 0.3) is 0 Å². The maximum Gasteiger partial charge on any atom is 0.227 e. The molecule has 6 nitrogen and oxygen atoms in total. The van der Waals surface area contributed by atoms with Gasteiger partial charge in [-0.15, -0.1) is 0 Å². The average molecular weight is 344 g/mol. The van der Waals surface area contributed by atoms with E-state index in [4.69, 9.17) is 20.1 Å². The van der Waals surface area contributed by atoms with E-state index in [9.17, 15) is 0 Å². The summed E-state index contributed by atoms with van der Waals surface area (Å²) in [5.74, 6) is 1.94. The summed E-state index contributed by atoms with van der Waals surface area (Å²) in [5, 5.41) is 9.04. The first kappa shape index (κ1) is 15.9. The minimum Gasteiger partial charge on any atom is -0.497 e. The summed E-state index contributed by atoms with van der Waals surface area (Å²) in [6.07, 6.45) is 1.13. The Bertz CT molecular complexity index is 998. The van der Waals surface area contributed by atoms with Crippen LogP contribution < -0.4 is 15.4 Å². The molecule has 6 heteroatoms. The van der Waals surface area contributed by atoms with Crippen LogP contribution in [0.5, 0.6) is 5.75 Å². The molecule has 128 valence electrons. The average Bonchev–Trinajstić information content (AvgIpc) is 3.17. The van der Waals surface area contributed by atoms with Crippen LogP contribution in [-0.2, 0) is 0 Å². The highest BCUT2D eigenvalue weighted by atomic mass is 16.5. The van der Waals surface area contributed by atoms with Crippen LogP contribution in [-0.4, -0.2) is 12.9 Å².